The van der Waals surface area contributed by atoms with Gasteiger partial charge in [-0.3, -0.25) is 10.1 Å². The van der Waals surface area contributed by atoms with Gasteiger partial charge in [0.05, 0.1) is 5.69 Å². The normalized spacial score (nSPS) is 11.3. The number of nitrogens with two attached hydrogens (primary N) is 1. The topological polar surface area (TPSA) is 102 Å². The van der Waals surface area contributed by atoms with Gasteiger partial charge in [0, 0.05) is 9.13 Å². The van der Waals surface area contributed by atoms with Gasteiger partial charge >= 0.3 is 0 Å². The van der Waals surface area contributed by atoms with Gasteiger partial charge in [0.15, 0.2) is 9.34 Å². The van der Waals surface area contributed by atoms with Crippen LogP contribution in [0.3, 0.4) is 0 Å². The molecule has 0 aliphatic heterocycles. The summed E-state index contributed by atoms with van der Waals surface area (Å²) in [7, 11) is -3.82. The van der Waals surface area contributed by atoms with Crippen molar-refractivity contribution >= 4 is 55.0 Å². The van der Waals surface area contributed by atoms with Crippen LogP contribution < -0.4 is 10.5 Å². The summed E-state index contributed by atoms with van der Waals surface area (Å²) in [5.74, 6) is -0.349. The number of aromatic nitrogens is 1. The van der Waals surface area contributed by atoms with E-state index >= 15 is 0 Å². The number of halogens is 1. The number of anilines is 1. The number of benzene rings is 1. The van der Waals surface area contributed by atoms with Gasteiger partial charge in [-0.25, -0.2) is 18.5 Å². The molecule has 0 spiro atoms. The molecule has 0 fully saturated rings. The van der Waals surface area contributed by atoms with Crippen LogP contribution >= 0.6 is 33.9 Å². The highest BCUT2D eigenvalue weighted by atomic mass is 127. The third-order valence-corrected chi connectivity index (χ3v) is 5.62. The monoisotopic (exact) mass is 423 g/mol. The molecule has 0 saturated heterocycles. The van der Waals surface area contributed by atoms with Crippen LogP contribution in [0, 0.1) is 10.5 Å². The molecule has 0 radical (unpaired) electrons. The van der Waals surface area contributed by atoms with Crippen LogP contribution in [0.4, 0.5) is 5.13 Å². The Morgan fingerprint density at radius 3 is 2.70 bits per heavy atom. The number of carbonyl (C=O) groups is 1. The molecule has 3 N–H and O–H groups in total. The maximum Gasteiger partial charge on any atom is 0.257 e. The molecule has 0 aliphatic rings. The second kappa shape index (κ2) is 5.76. The maximum absolute atomic E-state index is 12.0. The molecule has 9 heteroatoms. The SMILES string of the molecule is Cc1nc(NC(=O)c2cccc(I)c2)sc1S(N)(=O)=O. The lowest BCUT2D eigenvalue weighted by Gasteiger charge is -2.01. The highest BCUT2D eigenvalue weighted by Gasteiger charge is 2.19. The summed E-state index contributed by atoms with van der Waals surface area (Å²) in [6.07, 6.45) is 0. The second-order valence-corrected chi connectivity index (χ2v) is 7.90. The fraction of sp³-hybridized carbons (Fsp3) is 0.0909. The van der Waals surface area contributed by atoms with Crippen LogP contribution in [0.25, 0.3) is 0 Å². The summed E-state index contributed by atoms with van der Waals surface area (Å²) in [4.78, 5) is 16.0. The van der Waals surface area contributed by atoms with Gasteiger partial charge in [-0.05, 0) is 47.7 Å². The second-order valence-electron chi connectivity index (χ2n) is 3.90. The van der Waals surface area contributed by atoms with Gasteiger partial charge in [0.25, 0.3) is 5.91 Å². The number of sulfonamides is 1. The van der Waals surface area contributed by atoms with E-state index in [1.807, 2.05) is 6.07 Å². The van der Waals surface area contributed by atoms with E-state index in [0.717, 1.165) is 14.9 Å². The van der Waals surface area contributed by atoms with E-state index in [-0.39, 0.29) is 20.9 Å². The average Bonchev–Trinajstić information content (AvgIpc) is 2.70. The molecular formula is C11H10IN3O3S2. The van der Waals surface area contributed by atoms with E-state index in [1.54, 1.807) is 18.2 Å². The number of hydrogen-bond donors (Lipinski definition) is 2. The smallest absolute Gasteiger partial charge is 0.257 e. The third-order valence-electron chi connectivity index (χ3n) is 2.32. The molecule has 0 aliphatic carbocycles. The minimum Gasteiger partial charge on any atom is -0.298 e. The number of nitrogens with one attached hydrogen (secondary N) is 1. The molecule has 1 aromatic carbocycles. The van der Waals surface area contributed by atoms with Gasteiger partial charge in [-0.2, -0.15) is 0 Å². The Bertz CT molecular complexity index is 771. The van der Waals surface area contributed by atoms with Crippen LogP contribution in [-0.2, 0) is 10.0 Å². The molecule has 1 amide bonds. The molecule has 106 valence electrons. The molecule has 2 aromatic rings. The Hall–Kier alpha value is -1.04. The molecule has 1 aromatic heterocycles. The van der Waals surface area contributed by atoms with E-state index in [1.165, 1.54) is 6.92 Å². The van der Waals surface area contributed by atoms with Crippen molar-refractivity contribution in [3.8, 4) is 0 Å². The molecule has 2 rings (SSSR count). The van der Waals surface area contributed by atoms with E-state index in [9.17, 15) is 13.2 Å². The first kappa shape index (κ1) is 15.4. The Morgan fingerprint density at radius 2 is 2.15 bits per heavy atom. The van der Waals surface area contributed by atoms with Crippen molar-refractivity contribution in [1.82, 2.24) is 4.98 Å². The first-order chi connectivity index (χ1) is 9.27. The molecule has 20 heavy (non-hydrogen) atoms. The summed E-state index contributed by atoms with van der Waals surface area (Å²) >= 11 is 2.94. The summed E-state index contributed by atoms with van der Waals surface area (Å²) in [6, 6.07) is 7.01. The van der Waals surface area contributed by atoms with Crippen LogP contribution in [-0.4, -0.2) is 19.3 Å². The number of aryl methyl sites for hydroxylation is 1. The standard InChI is InChI=1S/C11H10IN3O3S2/c1-6-10(20(13,17)18)19-11(14-6)15-9(16)7-3-2-4-8(12)5-7/h2-5H,1H3,(H2,13,17,18)(H,14,15,16). The number of amides is 1. The molecule has 0 unspecified atom stereocenters. The number of rotatable bonds is 3. The van der Waals surface area contributed by atoms with Crippen molar-refractivity contribution in [2.45, 2.75) is 11.1 Å². The van der Waals surface area contributed by atoms with Crippen LogP contribution in [0.2, 0.25) is 0 Å². The zero-order valence-electron chi connectivity index (χ0n) is 10.3. The Kier molecular flexibility index (Phi) is 4.42. The lowest BCUT2D eigenvalue weighted by atomic mass is 10.2. The number of primary sulfonamides is 1. The summed E-state index contributed by atoms with van der Waals surface area (Å²) in [5.41, 5.74) is 0.748. The first-order valence-electron chi connectivity index (χ1n) is 5.34. The lowest BCUT2D eigenvalue weighted by molar-refractivity contribution is 0.102. The lowest BCUT2D eigenvalue weighted by Crippen LogP contribution is -2.11. The van der Waals surface area contributed by atoms with Crippen molar-refractivity contribution in [2.75, 3.05) is 5.32 Å². The Balaban J connectivity index is 2.25. The molecular weight excluding hydrogens is 413 g/mol. The Labute approximate surface area is 133 Å². The van der Waals surface area contributed by atoms with Crippen molar-refractivity contribution in [2.24, 2.45) is 5.14 Å². The Morgan fingerprint density at radius 1 is 1.45 bits per heavy atom. The number of thiazole rings is 1. The van der Waals surface area contributed by atoms with Gasteiger partial charge in [-0.1, -0.05) is 17.4 Å². The van der Waals surface area contributed by atoms with Gasteiger partial charge in [-0.15, -0.1) is 0 Å². The van der Waals surface area contributed by atoms with Gasteiger partial charge in [0.2, 0.25) is 10.0 Å². The quantitative estimate of drug-likeness (QED) is 0.737. The predicted octanol–water partition coefficient (Wildman–Crippen LogP) is 1.96. The maximum atomic E-state index is 12.0. The summed E-state index contributed by atoms with van der Waals surface area (Å²) in [6.45, 7) is 1.53. The number of nitrogens with zero attached hydrogens (tertiary/aromatic N) is 1. The summed E-state index contributed by atoms with van der Waals surface area (Å²) < 4.78 is 23.5. The van der Waals surface area contributed by atoms with E-state index in [4.69, 9.17) is 5.14 Å². The zero-order chi connectivity index (χ0) is 14.9. The molecule has 0 bridgehead atoms. The highest BCUT2D eigenvalue weighted by Crippen LogP contribution is 2.26. The first-order valence-corrected chi connectivity index (χ1v) is 8.78. The largest absolute Gasteiger partial charge is 0.298 e. The van der Waals surface area contributed by atoms with Crippen LogP contribution in [0.1, 0.15) is 16.1 Å². The van der Waals surface area contributed by atoms with Gasteiger partial charge in [0.1, 0.15) is 0 Å². The van der Waals surface area contributed by atoms with Crippen LogP contribution in [0.15, 0.2) is 28.5 Å². The average molecular weight is 423 g/mol. The van der Waals surface area contributed by atoms with Crippen molar-refractivity contribution in [1.29, 1.82) is 0 Å². The predicted molar refractivity (Wildman–Crippen MR) is 85.3 cm³/mol. The van der Waals surface area contributed by atoms with E-state index in [2.05, 4.69) is 32.9 Å². The fourth-order valence-electron chi connectivity index (χ4n) is 1.50. The zero-order valence-corrected chi connectivity index (χ0v) is 14.0. The third kappa shape index (κ3) is 3.53. The van der Waals surface area contributed by atoms with Crippen molar-refractivity contribution in [3.63, 3.8) is 0 Å². The number of carbonyl (C=O) groups excluding carboxylic acids is 1. The fourth-order valence-corrected chi connectivity index (χ4v) is 3.90. The van der Waals surface area contributed by atoms with Gasteiger partial charge < -0.3 is 0 Å². The number of hydrogen-bond acceptors (Lipinski definition) is 5. The van der Waals surface area contributed by atoms with E-state index < -0.39 is 10.0 Å². The molecule has 6 nitrogen and oxygen atoms in total. The molecule has 0 atom stereocenters. The van der Waals surface area contributed by atoms with Crippen molar-refractivity contribution < 1.29 is 13.2 Å². The van der Waals surface area contributed by atoms with Crippen LogP contribution in [0.5, 0.6) is 0 Å². The minimum absolute atomic E-state index is 0.0459. The van der Waals surface area contributed by atoms with E-state index in [0.29, 0.717) is 5.56 Å². The highest BCUT2D eigenvalue weighted by molar-refractivity contribution is 14.1. The molecule has 0 saturated carbocycles. The van der Waals surface area contributed by atoms with Crippen molar-refractivity contribution in [3.05, 3.63) is 39.1 Å². The molecule has 1 heterocycles. The summed E-state index contributed by atoms with van der Waals surface area (Å²) in [5, 5.41) is 7.83. The minimum atomic E-state index is -3.82.